The van der Waals surface area contributed by atoms with Crippen LogP contribution in [-0.4, -0.2) is 54.8 Å². The van der Waals surface area contributed by atoms with E-state index in [1.54, 1.807) is 29.2 Å². The highest BCUT2D eigenvalue weighted by molar-refractivity contribution is 6.30. The van der Waals surface area contributed by atoms with E-state index < -0.39 is 17.9 Å². The molecule has 2 aromatic rings. The summed E-state index contributed by atoms with van der Waals surface area (Å²) in [6, 6.07) is 13.8. The molecule has 1 aliphatic heterocycles. The van der Waals surface area contributed by atoms with Gasteiger partial charge in [0, 0.05) is 48.9 Å². The molecule has 164 valence electrons. The normalized spacial score (nSPS) is 14.8. The number of rotatable bonds is 7. The number of nitrogens with two attached hydrogens (primary N) is 1. The highest BCUT2D eigenvalue weighted by Gasteiger charge is 2.29. The summed E-state index contributed by atoms with van der Waals surface area (Å²) in [6.45, 7) is 4.52. The van der Waals surface area contributed by atoms with E-state index in [2.05, 4.69) is 35.3 Å². The maximum atomic E-state index is 13.1. The Labute approximate surface area is 187 Å². The van der Waals surface area contributed by atoms with Crippen molar-refractivity contribution in [2.24, 2.45) is 5.73 Å². The molecule has 0 saturated carbocycles. The van der Waals surface area contributed by atoms with Crippen molar-refractivity contribution in [1.82, 2.24) is 10.2 Å². The fourth-order valence-corrected chi connectivity index (χ4v) is 3.74. The smallest absolute Gasteiger partial charge is 0.251 e. The molecule has 31 heavy (non-hydrogen) atoms. The van der Waals surface area contributed by atoms with Gasteiger partial charge in [-0.3, -0.25) is 14.4 Å². The lowest BCUT2D eigenvalue weighted by molar-refractivity contribution is -0.133. The predicted octanol–water partition coefficient (Wildman–Crippen LogP) is 2.36. The van der Waals surface area contributed by atoms with Crippen molar-refractivity contribution in [3.63, 3.8) is 0 Å². The van der Waals surface area contributed by atoms with Crippen LogP contribution >= 0.6 is 11.6 Å². The van der Waals surface area contributed by atoms with Gasteiger partial charge in [-0.15, -0.1) is 0 Å². The van der Waals surface area contributed by atoms with Gasteiger partial charge in [-0.2, -0.15) is 0 Å². The molecule has 1 atom stereocenters. The Morgan fingerprint density at radius 2 is 1.74 bits per heavy atom. The Balaban J connectivity index is 1.64. The minimum atomic E-state index is -0.818. The van der Waals surface area contributed by atoms with Gasteiger partial charge in [0.2, 0.25) is 11.8 Å². The summed E-state index contributed by atoms with van der Waals surface area (Å²) in [5, 5.41) is 3.28. The number of aryl methyl sites for hydroxylation is 1. The lowest BCUT2D eigenvalue weighted by atomic mass is 10.1. The van der Waals surface area contributed by atoms with Crippen LogP contribution in [0.15, 0.2) is 48.5 Å². The highest BCUT2D eigenvalue weighted by atomic mass is 35.5. The Bertz CT molecular complexity index is 940. The Kier molecular flexibility index (Phi) is 7.52. The second kappa shape index (κ2) is 10.3. The van der Waals surface area contributed by atoms with Gasteiger partial charge in [0.25, 0.3) is 5.91 Å². The molecule has 0 spiro atoms. The van der Waals surface area contributed by atoms with E-state index in [1.165, 1.54) is 5.56 Å². The first kappa shape index (κ1) is 22.6. The zero-order chi connectivity index (χ0) is 22.4. The van der Waals surface area contributed by atoms with E-state index in [9.17, 15) is 14.4 Å². The maximum absolute atomic E-state index is 13.1. The van der Waals surface area contributed by atoms with Crippen molar-refractivity contribution in [2.75, 3.05) is 31.1 Å². The number of hydrogen-bond donors (Lipinski definition) is 2. The number of primary amides is 1. The quantitative estimate of drug-likeness (QED) is 0.688. The summed E-state index contributed by atoms with van der Waals surface area (Å²) in [5.41, 5.74) is 7.99. The number of amides is 3. The van der Waals surface area contributed by atoms with E-state index >= 15 is 0 Å². The molecule has 2 aromatic carbocycles. The Morgan fingerprint density at radius 1 is 1.06 bits per heavy atom. The van der Waals surface area contributed by atoms with Crippen LogP contribution in [0.25, 0.3) is 0 Å². The Morgan fingerprint density at radius 3 is 2.35 bits per heavy atom. The molecule has 1 fully saturated rings. The average molecular weight is 443 g/mol. The van der Waals surface area contributed by atoms with Crippen molar-refractivity contribution in [2.45, 2.75) is 25.8 Å². The number of benzene rings is 2. The number of carbonyl (C=O) groups excluding carboxylic acids is 3. The third kappa shape index (κ3) is 6.21. The number of halogens is 1. The van der Waals surface area contributed by atoms with E-state index in [0.29, 0.717) is 36.8 Å². The average Bonchev–Trinajstić information content (AvgIpc) is 2.76. The zero-order valence-electron chi connectivity index (χ0n) is 17.5. The SMILES string of the molecule is Cc1cccc(N2CCN(C(=O)C(CCC(N)=O)NC(=O)c3ccc(Cl)cc3)CC2)c1. The summed E-state index contributed by atoms with van der Waals surface area (Å²) < 4.78 is 0. The lowest BCUT2D eigenvalue weighted by Crippen LogP contribution is -2.55. The van der Waals surface area contributed by atoms with Gasteiger partial charge in [0.1, 0.15) is 6.04 Å². The lowest BCUT2D eigenvalue weighted by Gasteiger charge is -2.37. The molecule has 3 N–H and O–H groups in total. The fraction of sp³-hybridized carbons (Fsp3) is 0.348. The summed E-state index contributed by atoms with van der Waals surface area (Å²) in [4.78, 5) is 41.0. The van der Waals surface area contributed by atoms with Crippen molar-refractivity contribution < 1.29 is 14.4 Å². The highest BCUT2D eigenvalue weighted by Crippen LogP contribution is 2.18. The minimum Gasteiger partial charge on any atom is -0.370 e. The molecule has 1 saturated heterocycles. The van der Waals surface area contributed by atoms with Gasteiger partial charge in [0.05, 0.1) is 0 Å². The molecule has 0 radical (unpaired) electrons. The molecule has 7 nitrogen and oxygen atoms in total. The van der Waals surface area contributed by atoms with Gasteiger partial charge in [-0.1, -0.05) is 23.7 Å². The molecule has 3 rings (SSSR count). The van der Waals surface area contributed by atoms with Crippen molar-refractivity contribution in [3.8, 4) is 0 Å². The zero-order valence-corrected chi connectivity index (χ0v) is 18.3. The van der Waals surface area contributed by atoms with Crippen LogP contribution in [0.1, 0.15) is 28.8 Å². The predicted molar refractivity (Wildman–Crippen MR) is 121 cm³/mol. The van der Waals surface area contributed by atoms with Gasteiger partial charge >= 0.3 is 0 Å². The van der Waals surface area contributed by atoms with Gasteiger partial charge < -0.3 is 20.9 Å². The first-order valence-corrected chi connectivity index (χ1v) is 10.7. The molecule has 1 aliphatic rings. The number of carbonyl (C=O) groups is 3. The number of anilines is 1. The molecule has 0 bridgehead atoms. The molecule has 1 unspecified atom stereocenters. The van der Waals surface area contributed by atoms with Gasteiger partial charge in [-0.05, 0) is 55.3 Å². The molecule has 3 amide bonds. The van der Waals surface area contributed by atoms with Crippen molar-refractivity contribution in [1.29, 1.82) is 0 Å². The van der Waals surface area contributed by atoms with E-state index in [1.807, 2.05) is 6.07 Å². The van der Waals surface area contributed by atoms with Crippen LogP contribution in [0, 0.1) is 6.92 Å². The summed E-state index contributed by atoms with van der Waals surface area (Å²) in [5.74, 6) is -1.10. The minimum absolute atomic E-state index is 0.0144. The van der Waals surface area contributed by atoms with E-state index in [-0.39, 0.29) is 18.7 Å². The van der Waals surface area contributed by atoms with E-state index in [4.69, 9.17) is 17.3 Å². The number of piperazine rings is 1. The van der Waals surface area contributed by atoms with Gasteiger partial charge in [-0.25, -0.2) is 0 Å². The number of nitrogens with one attached hydrogen (secondary N) is 1. The van der Waals surface area contributed by atoms with Crippen LogP contribution < -0.4 is 16.0 Å². The number of nitrogens with zero attached hydrogens (tertiary/aromatic N) is 2. The van der Waals surface area contributed by atoms with Crippen LogP contribution in [0.3, 0.4) is 0 Å². The molecule has 0 aromatic heterocycles. The van der Waals surface area contributed by atoms with Gasteiger partial charge in [0.15, 0.2) is 0 Å². The first-order valence-electron chi connectivity index (χ1n) is 10.3. The van der Waals surface area contributed by atoms with E-state index in [0.717, 1.165) is 5.69 Å². The molecule has 8 heteroatoms. The van der Waals surface area contributed by atoms with Crippen molar-refractivity contribution >= 4 is 35.0 Å². The van der Waals surface area contributed by atoms with Crippen molar-refractivity contribution in [3.05, 3.63) is 64.7 Å². The third-order valence-electron chi connectivity index (χ3n) is 5.35. The first-order chi connectivity index (χ1) is 14.8. The number of hydrogen-bond acceptors (Lipinski definition) is 4. The molecular weight excluding hydrogens is 416 g/mol. The second-order valence-electron chi connectivity index (χ2n) is 7.69. The summed E-state index contributed by atoms with van der Waals surface area (Å²) in [6.07, 6.45) is 0.173. The monoisotopic (exact) mass is 442 g/mol. The van der Waals surface area contributed by atoms with Crippen LogP contribution in [-0.2, 0) is 9.59 Å². The fourth-order valence-electron chi connectivity index (χ4n) is 3.62. The largest absolute Gasteiger partial charge is 0.370 e. The van der Waals surface area contributed by atoms with Crippen LogP contribution in [0.5, 0.6) is 0 Å². The topological polar surface area (TPSA) is 95.7 Å². The van der Waals surface area contributed by atoms with Crippen LogP contribution in [0.2, 0.25) is 5.02 Å². The second-order valence-corrected chi connectivity index (χ2v) is 8.13. The summed E-state index contributed by atoms with van der Waals surface area (Å²) >= 11 is 5.88. The molecular formula is C23H27ClN4O3. The molecule has 1 heterocycles. The molecule has 0 aliphatic carbocycles. The summed E-state index contributed by atoms with van der Waals surface area (Å²) in [7, 11) is 0. The third-order valence-corrected chi connectivity index (χ3v) is 5.60. The standard InChI is InChI=1S/C23H27ClN4O3/c1-16-3-2-4-19(15-16)27-11-13-28(14-12-27)23(31)20(9-10-21(25)29)26-22(30)17-5-7-18(24)8-6-17/h2-8,15,20H,9-14H2,1H3,(H2,25,29)(H,26,30). The van der Waals surface area contributed by atoms with Crippen LogP contribution in [0.4, 0.5) is 5.69 Å². The Hall–Kier alpha value is -3.06. The maximum Gasteiger partial charge on any atom is 0.251 e.